The van der Waals surface area contributed by atoms with Crippen LogP contribution in [-0.2, 0) is 16.2 Å². The molecule has 3 amide bonds. The van der Waals surface area contributed by atoms with Gasteiger partial charge in [0.1, 0.15) is 13.2 Å². The van der Waals surface area contributed by atoms with Crippen molar-refractivity contribution in [3.63, 3.8) is 0 Å². The molecule has 0 saturated carbocycles. The average Bonchev–Trinajstić information content (AvgIpc) is 3.11. The summed E-state index contributed by atoms with van der Waals surface area (Å²) in [7, 11) is 1.51. The predicted octanol–water partition coefficient (Wildman–Crippen LogP) is 5.11. The van der Waals surface area contributed by atoms with Crippen molar-refractivity contribution in [2.45, 2.75) is 6.61 Å². The summed E-state index contributed by atoms with van der Waals surface area (Å²) in [5.74, 6) is -0.0589. The Morgan fingerprint density at radius 2 is 1.91 bits per heavy atom. The van der Waals surface area contributed by atoms with E-state index in [1.54, 1.807) is 48.7 Å². The number of pyridine rings is 1. The van der Waals surface area contributed by atoms with Gasteiger partial charge in [0.2, 0.25) is 5.91 Å². The van der Waals surface area contributed by atoms with Crippen LogP contribution >= 0.6 is 27.7 Å². The van der Waals surface area contributed by atoms with Crippen molar-refractivity contribution < 1.29 is 23.9 Å². The Hall–Kier alpha value is -3.63. The third kappa shape index (κ3) is 6.09. The standard InChI is InChI=1S/C25H20BrN3O5S/c1-33-20-12-16(11-19(26)23(20)34-15-18-9-5-6-10-27-18)13-21-24(31)29(25(32)35-21)14-22(30)28-17-7-3-2-4-8-17/h2-13H,14-15H2,1H3,(H,28,30). The summed E-state index contributed by atoms with van der Waals surface area (Å²) < 4.78 is 12.0. The molecule has 35 heavy (non-hydrogen) atoms. The molecule has 0 radical (unpaired) electrons. The highest BCUT2D eigenvalue weighted by Crippen LogP contribution is 2.39. The van der Waals surface area contributed by atoms with Gasteiger partial charge in [-0.15, -0.1) is 0 Å². The van der Waals surface area contributed by atoms with Gasteiger partial charge in [0.15, 0.2) is 11.5 Å². The number of imide groups is 1. The number of benzene rings is 2. The van der Waals surface area contributed by atoms with Crippen molar-refractivity contribution >= 4 is 56.5 Å². The van der Waals surface area contributed by atoms with E-state index in [0.717, 1.165) is 22.4 Å². The summed E-state index contributed by atoms with van der Waals surface area (Å²) in [6.07, 6.45) is 3.27. The molecule has 1 fully saturated rings. The maximum Gasteiger partial charge on any atom is 0.294 e. The molecule has 0 spiro atoms. The Morgan fingerprint density at radius 1 is 1.14 bits per heavy atom. The number of amides is 3. The van der Waals surface area contributed by atoms with Crippen LogP contribution in [-0.4, -0.2) is 40.6 Å². The molecule has 0 atom stereocenters. The molecule has 178 valence electrons. The van der Waals surface area contributed by atoms with Gasteiger partial charge in [0, 0.05) is 11.9 Å². The fourth-order valence-corrected chi connectivity index (χ4v) is 4.66. The number of carbonyl (C=O) groups is 3. The fraction of sp³-hybridized carbons (Fsp3) is 0.120. The molecule has 1 aliphatic heterocycles. The second kappa shape index (κ2) is 11.2. The lowest BCUT2D eigenvalue weighted by Gasteiger charge is -2.14. The molecule has 1 saturated heterocycles. The largest absolute Gasteiger partial charge is 0.493 e. The number of methoxy groups -OCH3 is 1. The number of ether oxygens (including phenoxy) is 2. The highest BCUT2D eigenvalue weighted by atomic mass is 79.9. The van der Waals surface area contributed by atoms with E-state index in [-0.39, 0.29) is 18.1 Å². The number of nitrogens with one attached hydrogen (secondary N) is 1. The van der Waals surface area contributed by atoms with E-state index in [2.05, 4.69) is 26.2 Å². The highest BCUT2D eigenvalue weighted by Gasteiger charge is 2.36. The first-order valence-electron chi connectivity index (χ1n) is 10.4. The van der Waals surface area contributed by atoms with Gasteiger partial charge in [-0.3, -0.25) is 24.3 Å². The van der Waals surface area contributed by atoms with Crippen molar-refractivity contribution in [2.75, 3.05) is 19.0 Å². The van der Waals surface area contributed by atoms with Gasteiger partial charge in [0.05, 0.1) is 22.2 Å². The van der Waals surface area contributed by atoms with Crippen LogP contribution in [0.2, 0.25) is 0 Å². The van der Waals surface area contributed by atoms with E-state index in [1.165, 1.54) is 7.11 Å². The van der Waals surface area contributed by atoms with Gasteiger partial charge in [-0.2, -0.15) is 0 Å². The van der Waals surface area contributed by atoms with Gasteiger partial charge < -0.3 is 14.8 Å². The predicted molar refractivity (Wildman–Crippen MR) is 137 cm³/mol. The second-order valence-corrected chi connectivity index (χ2v) is 9.17. The van der Waals surface area contributed by atoms with E-state index < -0.39 is 17.1 Å². The number of rotatable bonds is 8. The van der Waals surface area contributed by atoms with Crippen molar-refractivity contribution in [1.82, 2.24) is 9.88 Å². The molecule has 0 aliphatic carbocycles. The Kier molecular flexibility index (Phi) is 7.84. The van der Waals surface area contributed by atoms with Gasteiger partial charge in [0.25, 0.3) is 11.1 Å². The monoisotopic (exact) mass is 553 g/mol. The molecular formula is C25H20BrN3O5S. The molecule has 0 bridgehead atoms. The fourth-order valence-electron chi connectivity index (χ4n) is 3.25. The maximum atomic E-state index is 12.8. The highest BCUT2D eigenvalue weighted by molar-refractivity contribution is 9.10. The van der Waals surface area contributed by atoms with Gasteiger partial charge in [-0.25, -0.2) is 0 Å². The average molecular weight is 554 g/mol. The van der Waals surface area contributed by atoms with Crippen molar-refractivity contribution in [2.24, 2.45) is 0 Å². The minimum absolute atomic E-state index is 0.207. The second-order valence-electron chi connectivity index (χ2n) is 7.33. The van der Waals surface area contributed by atoms with Crippen LogP contribution in [0.3, 0.4) is 0 Å². The van der Waals surface area contributed by atoms with Crippen LogP contribution in [0.1, 0.15) is 11.3 Å². The Balaban J connectivity index is 1.47. The number of para-hydroxylation sites is 1. The number of aromatic nitrogens is 1. The van der Waals surface area contributed by atoms with Crippen LogP contribution < -0.4 is 14.8 Å². The smallest absolute Gasteiger partial charge is 0.294 e. The molecule has 2 aromatic carbocycles. The number of halogens is 1. The number of hydrogen-bond acceptors (Lipinski definition) is 7. The summed E-state index contributed by atoms with van der Waals surface area (Å²) in [6.45, 7) is -0.122. The van der Waals surface area contributed by atoms with Gasteiger partial charge in [-0.05, 0) is 75.7 Å². The van der Waals surface area contributed by atoms with Crippen LogP contribution in [0, 0.1) is 0 Å². The molecule has 8 nitrogen and oxygen atoms in total. The molecule has 1 aliphatic rings. The Bertz CT molecular complexity index is 1290. The number of anilines is 1. The minimum Gasteiger partial charge on any atom is -0.493 e. The molecular weight excluding hydrogens is 534 g/mol. The van der Waals surface area contributed by atoms with Crippen LogP contribution in [0.4, 0.5) is 10.5 Å². The lowest BCUT2D eigenvalue weighted by molar-refractivity contribution is -0.127. The van der Waals surface area contributed by atoms with Crippen molar-refractivity contribution in [3.05, 3.63) is 87.5 Å². The first-order valence-corrected chi connectivity index (χ1v) is 12.1. The van der Waals surface area contributed by atoms with Gasteiger partial charge in [-0.1, -0.05) is 24.3 Å². The topological polar surface area (TPSA) is 97.8 Å². The SMILES string of the molecule is COc1cc(C=C2SC(=O)N(CC(=O)Nc3ccccc3)C2=O)cc(Br)c1OCc1ccccn1. The zero-order chi connectivity index (χ0) is 24.8. The molecule has 1 N–H and O–H groups in total. The molecule has 1 aromatic heterocycles. The van der Waals surface area contributed by atoms with E-state index >= 15 is 0 Å². The zero-order valence-electron chi connectivity index (χ0n) is 18.6. The summed E-state index contributed by atoms with van der Waals surface area (Å²) in [5, 5.41) is 2.16. The molecule has 3 aromatic rings. The third-order valence-corrected chi connectivity index (χ3v) is 6.37. The summed E-state index contributed by atoms with van der Waals surface area (Å²) in [4.78, 5) is 43.0. The third-order valence-electron chi connectivity index (χ3n) is 4.87. The van der Waals surface area contributed by atoms with E-state index in [0.29, 0.717) is 27.2 Å². The van der Waals surface area contributed by atoms with E-state index in [4.69, 9.17) is 9.47 Å². The van der Waals surface area contributed by atoms with Crippen LogP contribution in [0.15, 0.2) is 76.2 Å². The number of nitrogens with zero attached hydrogens (tertiary/aromatic N) is 2. The molecule has 2 heterocycles. The van der Waals surface area contributed by atoms with Crippen molar-refractivity contribution in [1.29, 1.82) is 0 Å². The Labute approximate surface area is 214 Å². The lowest BCUT2D eigenvalue weighted by Crippen LogP contribution is -2.36. The Morgan fingerprint density at radius 3 is 2.63 bits per heavy atom. The normalized spacial score (nSPS) is 14.3. The molecule has 0 unspecified atom stereocenters. The number of thioether (sulfide) groups is 1. The quantitative estimate of drug-likeness (QED) is 0.387. The lowest BCUT2D eigenvalue weighted by atomic mass is 10.2. The first kappa shape index (κ1) is 24.5. The van der Waals surface area contributed by atoms with E-state index in [1.807, 2.05) is 24.3 Å². The molecule has 4 rings (SSSR count). The molecule has 10 heteroatoms. The number of carbonyl (C=O) groups excluding carboxylic acids is 3. The van der Waals surface area contributed by atoms with E-state index in [9.17, 15) is 14.4 Å². The number of hydrogen-bond donors (Lipinski definition) is 1. The zero-order valence-corrected chi connectivity index (χ0v) is 21.0. The summed E-state index contributed by atoms with van der Waals surface area (Å²) in [6, 6.07) is 17.8. The summed E-state index contributed by atoms with van der Waals surface area (Å²) >= 11 is 4.27. The first-order chi connectivity index (χ1) is 16.9. The van der Waals surface area contributed by atoms with Crippen molar-refractivity contribution in [3.8, 4) is 11.5 Å². The van der Waals surface area contributed by atoms with Crippen LogP contribution in [0.5, 0.6) is 11.5 Å². The summed E-state index contributed by atoms with van der Waals surface area (Å²) in [5.41, 5.74) is 1.97. The maximum absolute atomic E-state index is 12.8. The van der Waals surface area contributed by atoms with Crippen LogP contribution in [0.25, 0.3) is 6.08 Å². The van der Waals surface area contributed by atoms with Gasteiger partial charge >= 0.3 is 0 Å². The minimum atomic E-state index is -0.534.